The Morgan fingerprint density at radius 3 is 2.62 bits per heavy atom. The van der Waals surface area contributed by atoms with E-state index in [0.717, 1.165) is 6.07 Å². The zero-order chi connectivity index (χ0) is 16.0. The summed E-state index contributed by atoms with van der Waals surface area (Å²) in [6.07, 6.45) is 0. The molecule has 0 aliphatic carbocycles. The predicted molar refractivity (Wildman–Crippen MR) is 80.7 cm³/mol. The lowest BCUT2D eigenvalue weighted by Gasteiger charge is -2.20. The molecule has 1 aromatic carbocycles. The Morgan fingerprint density at radius 1 is 1.43 bits per heavy atom. The molecule has 1 aromatic rings. The smallest absolute Gasteiger partial charge is 0.243 e. The van der Waals surface area contributed by atoms with Crippen LogP contribution in [0.4, 0.5) is 4.39 Å². The van der Waals surface area contributed by atoms with Crippen LogP contribution in [0, 0.1) is 17.7 Å². The lowest BCUT2D eigenvalue weighted by atomic mass is 10.2. The van der Waals surface area contributed by atoms with E-state index in [2.05, 4.69) is 16.6 Å². The summed E-state index contributed by atoms with van der Waals surface area (Å²) in [4.78, 5) is 1.48. The average molecular weight is 313 g/mol. The highest BCUT2D eigenvalue weighted by Crippen LogP contribution is 2.15. The molecule has 0 heterocycles. The molecular weight excluding hydrogens is 293 g/mol. The lowest BCUT2D eigenvalue weighted by molar-refractivity contribution is 0.313. The third-order valence-electron chi connectivity index (χ3n) is 3.01. The van der Waals surface area contributed by atoms with Crippen molar-refractivity contribution in [3.8, 4) is 11.8 Å². The molecular formula is C14H20FN3O2S. The third-order valence-corrected chi connectivity index (χ3v) is 4.46. The Labute approximate surface area is 125 Å². The topological polar surface area (TPSA) is 75.4 Å². The van der Waals surface area contributed by atoms with Crippen LogP contribution in [-0.4, -0.2) is 46.5 Å². The zero-order valence-electron chi connectivity index (χ0n) is 12.4. The maximum Gasteiger partial charge on any atom is 0.243 e. The largest absolute Gasteiger partial charge is 0.320 e. The molecule has 0 saturated carbocycles. The zero-order valence-corrected chi connectivity index (χ0v) is 13.2. The maximum atomic E-state index is 13.9. The van der Waals surface area contributed by atoms with Gasteiger partial charge in [-0.15, -0.1) is 0 Å². The number of nitrogens with zero attached hydrogens (tertiary/aromatic N) is 1. The first-order valence-electron chi connectivity index (χ1n) is 6.42. The number of likely N-dealkylation sites (N-methyl/N-ethyl adjacent to an activating group) is 1. The van der Waals surface area contributed by atoms with Gasteiger partial charge in [-0.1, -0.05) is 11.8 Å². The molecule has 116 valence electrons. The van der Waals surface area contributed by atoms with Crippen LogP contribution >= 0.6 is 0 Å². The molecule has 0 bridgehead atoms. The Hall–Kier alpha value is -1.46. The number of rotatable bonds is 5. The molecule has 0 aliphatic rings. The molecule has 0 aromatic heterocycles. The SMILES string of the molecule is CC(CNS(=O)(=O)c1ccc(C#CCN)cc1F)N(C)C. The highest BCUT2D eigenvalue weighted by Gasteiger charge is 2.20. The number of hydrogen-bond acceptors (Lipinski definition) is 4. The van der Waals surface area contributed by atoms with E-state index in [1.807, 2.05) is 25.9 Å². The summed E-state index contributed by atoms with van der Waals surface area (Å²) in [6.45, 7) is 2.22. The summed E-state index contributed by atoms with van der Waals surface area (Å²) in [5, 5.41) is 0. The minimum Gasteiger partial charge on any atom is -0.320 e. The van der Waals surface area contributed by atoms with Crippen molar-refractivity contribution in [2.75, 3.05) is 27.2 Å². The van der Waals surface area contributed by atoms with Gasteiger partial charge in [0.2, 0.25) is 10.0 Å². The first-order chi connectivity index (χ1) is 9.77. The summed E-state index contributed by atoms with van der Waals surface area (Å²) in [5.74, 6) is 4.41. The van der Waals surface area contributed by atoms with Gasteiger partial charge in [-0.05, 0) is 39.2 Å². The monoisotopic (exact) mass is 313 g/mol. The summed E-state index contributed by atoms with van der Waals surface area (Å²) in [7, 11) is -0.206. The van der Waals surface area contributed by atoms with E-state index in [4.69, 9.17) is 5.73 Å². The Kier molecular flexibility index (Phi) is 6.30. The van der Waals surface area contributed by atoms with Crippen LogP contribution in [0.2, 0.25) is 0 Å². The first-order valence-corrected chi connectivity index (χ1v) is 7.91. The van der Waals surface area contributed by atoms with Crippen LogP contribution in [0.25, 0.3) is 0 Å². The number of nitrogens with two attached hydrogens (primary N) is 1. The molecule has 21 heavy (non-hydrogen) atoms. The van der Waals surface area contributed by atoms with Crippen molar-refractivity contribution in [3.05, 3.63) is 29.6 Å². The fraction of sp³-hybridized carbons (Fsp3) is 0.429. The Balaban J connectivity index is 2.94. The minimum absolute atomic E-state index is 0.00229. The first kappa shape index (κ1) is 17.6. The van der Waals surface area contributed by atoms with Gasteiger partial charge in [0, 0.05) is 18.2 Å². The number of halogens is 1. The third kappa shape index (κ3) is 5.10. The fourth-order valence-corrected chi connectivity index (χ4v) is 2.62. The van der Waals surface area contributed by atoms with Crippen molar-refractivity contribution < 1.29 is 12.8 Å². The van der Waals surface area contributed by atoms with Gasteiger partial charge in [-0.3, -0.25) is 0 Å². The summed E-state index contributed by atoms with van der Waals surface area (Å²) in [5.41, 5.74) is 5.62. The number of sulfonamides is 1. The quantitative estimate of drug-likeness (QED) is 0.770. The van der Waals surface area contributed by atoms with E-state index in [9.17, 15) is 12.8 Å². The second kappa shape index (κ2) is 7.52. The Bertz CT molecular complexity index is 648. The second-order valence-corrected chi connectivity index (χ2v) is 6.55. The van der Waals surface area contributed by atoms with Crippen LogP contribution in [0.1, 0.15) is 12.5 Å². The molecule has 0 saturated heterocycles. The fourth-order valence-electron chi connectivity index (χ4n) is 1.44. The van der Waals surface area contributed by atoms with E-state index in [0.29, 0.717) is 5.56 Å². The van der Waals surface area contributed by atoms with Crippen molar-refractivity contribution in [1.29, 1.82) is 0 Å². The van der Waals surface area contributed by atoms with Crippen molar-refractivity contribution in [3.63, 3.8) is 0 Å². The van der Waals surface area contributed by atoms with E-state index >= 15 is 0 Å². The number of nitrogens with one attached hydrogen (secondary N) is 1. The predicted octanol–water partition coefficient (Wildman–Crippen LogP) is 0.364. The van der Waals surface area contributed by atoms with Gasteiger partial charge < -0.3 is 10.6 Å². The highest BCUT2D eigenvalue weighted by molar-refractivity contribution is 7.89. The molecule has 0 radical (unpaired) electrons. The van der Waals surface area contributed by atoms with Crippen LogP contribution in [0.15, 0.2) is 23.1 Å². The van der Waals surface area contributed by atoms with Crippen LogP contribution < -0.4 is 10.5 Å². The van der Waals surface area contributed by atoms with E-state index in [1.54, 1.807) is 0 Å². The molecule has 5 nitrogen and oxygen atoms in total. The standard InChI is InChI=1S/C14H20FN3O2S/c1-11(18(2)3)10-17-21(19,20)14-7-6-12(5-4-8-16)9-13(14)15/h6-7,9,11,17H,8,10,16H2,1-3H3. The van der Waals surface area contributed by atoms with Gasteiger partial charge >= 0.3 is 0 Å². The van der Waals surface area contributed by atoms with Gasteiger partial charge in [0.1, 0.15) is 10.7 Å². The van der Waals surface area contributed by atoms with Gasteiger partial charge in [-0.25, -0.2) is 17.5 Å². The highest BCUT2D eigenvalue weighted by atomic mass is 32.2. The molecule has 7 heteroatoms. The number of hydrogen-bond donors (Lipinski definition) is 2. The van der Waals surface area contributed by atoms with Crippen LogP contribution in [0.3, 0.4) is 0 Å². The minimum atomic E-state index is -3.88. The summed E-state index contributed by atoms with van der Waals surface area (Å²) < 4.78 is 40.5. The van der Waals surface area contributed by atoms with Crippen molar-refractivity contribution in [1.82, 2.24) is 9.62 Å². The number of benzene rings is 1. The molecule has 0 spiro atoms. The van der Waals surface area contributed by atoms with Gasteiger partial charge in [0.25, 0.3) is 0 Å². The molecule has 0 amide bonds. The van der Waals surface area contributed by atoms with Crippen molar-refractivity contribution >= 4 is 10.0 Å². The van der Waals surface area contributed by atoms with Crippen molar-refractivity contribution in [2.24, 2.45) is 5.73 Å². The Morgan fingerprint density at radius 2 is 2.10 bits per heavy atom. The van der Waals surface area contributed by atoms with Crippen LogP contribution in [0.5, 0.6) is 0 Å². The lowest BCUT2D eigenvalue weighted by Crippen LogP contribution is -2.38. The van der Waals surface area contributed by atoms with Gasteiger partial charge in [0.05, 0.1) is 6.54 Å². The van der Waals surface area contributed by atoms with E-state index < -0.39 is 15.8 Å². The molecule has 1 unspecified atom stereocenters. The van der Waals surface area contributed by atoms with Crippen molar-refractivity contribution in [2.45, 2.75) is 17.9 Å². The molecule has 3 N–H and O–H groups in total. The maximum absolute atomic E-state index is 13.9. The van der Waals surface area contributed by atoms with Gasteiger partial charge in [-0.2, -0.15) is 0 Å². The molecule has 1 rings (SSSR count). The van der Waals surface area contributed by atoms with Crippen LogP contribution in [-0.2, 0) is 10.0 Å². The summed E-state index contributed by atoms with van der Waals surface area (Å²) >= 11 is 0. The van der Waals surface area contributed by atoms with E-state index in [1.165, 1.54) is 12.1 Å². The average Bonchev–Trinajstić information content (AvgIpc) is 2.42. The van der Waals surface area contributed by atoms with E-state index in [-0.39, 0.29) is 24.0 Å². The normalized spacial score (nSPS) is 12.9. The molecule has 0 aliphatic heterocycles. The second-order valence-electron chi connectivity index (χ2n) is 4.82. The van der Waals surface area contributed by atoms with Gasteiger partial charge in [0.15, 0.2) is 0 Å². The molecule has 0 fully saturated rings. The summed E-state index contributed by atoms with van der Waals surface area (Å²) in [6, 6.07) is 3.75. The molecule has 1 atom stereocenters.